The Balaban J connectivity index is 2.13. The number of aryl methyl sites for hydroxylation is 1. The highest BCUT2D eigenvalue weighted by atomic mass is 32.2. The van der Waals surface area contributed by atoms with Crippen LogP contribution in [0.1, 0.15) is 43.6 Å². The van der Waals surface area contributed by atoms with Crippen LogP contribution in [-0.2, 0) is 10.0 Å². The highest BCUT2D eigenvalue weighted by molar-refractivity contribution is 7.92. The highest BCUT2D eigenvalue weighted by Crippen LogP contribution is 2.21. The SMILES string of the molecule is COc1ccc(NS(=O)(=O)c2ccc(C)c(C(=O)NCCN(C(C)C)C(C)C)c2)cc1. The van der Waals surface area contributed by atoms with Gasteiger partial charge in [-0.1, -0.05) is 6.07 Å². The summed E-state index contributed by atoms with van der Waals surface area (Å²) in [5.41, 5.74) is 1.47. The van der Waals surface area contributed by atoms with E-state index in [1.165, 1.54) is 12.1 Å². The Morgan fingerprint density at radius 1 is 1.03 bits per heavy atom. The topological polar surface area (TPSA) is 87.7 Å². The summed E-state index contributed by atoms with van der Waals surface area (Å²) in [4.78, 5) is 15.1. The Bertz CT molecular complexity index is 978. The number of methoxy groups -OCH3 is 1. The van der Waals surface area contributed by atoms with Crippen molar-refractivity contribution in [2.75, 3.05) is 24.9 Å². The average Bonchev–Trinajstić information content (AvgIpc) is 2.70. The molecule has 0 saturated heterocycles. The number of benzene rings is 2. The number of anilines is 1. The number of hydrogen-bond donors (Lipinski definition) is 2. The lowest BCUT2D eigenvalue weighted by molar-refractivity contribution is 0.0938. The lowest BCUT2D eigenvalue weighted by Crippen LogP contribution is -2.42. The molecular formula is C23H33N3O4S. The van der Waals surface area contributed by atoms with Gasteiger partial charge in [-0.25, -0.2) is 8.42 Å². The van der Waals surface area contributed by atoms with E-state index in [9.17, 15) is 13.2 Å². The summed E-state index contributed by atoms with van der Waals surface area (Å²) in [5.74, 6) is 0.345. The van der Waals surface area contributed by atoms with E-state index in [2.05, 4.69) is 42.6 Å². The minimum atomic E-state index is -3.84. The number of nitrogens with zero attached hydrogens (tertiary/aromatic N) is 1. The van der Waals surface area contributed by atoms with E-state index in [0.29, 0.717) is 41.2 Å². The molecule has 0 bridgehead atoms. The third-order valence-corrected chi connectivity index (χ3v) is 6.47. The van der Waals surface area contributed by atoms with Crippen LogP contribution in [0.2, 0.25) is 0 Å². The van der Waals surface area contributed by atoms with Gasteiger partial charge in [-0.3, -0.25) is 14.4 Å². The van der Waals surface area contributed by atoms with Gasteiger partial charge in [0.05, 0.1) is 12.0 Å². The standard InChI is InChI=1S/C23H33N3O4S/c1-16(2)26(17(3)4)14-13-24-23(27)22-15-21(12-7-18(22)5)31(28,29)25-19-8-10-20(30-6)11-9-19/h7-12,15-17,25H,13-14H2,1-6H3,(H,24,27). The second kappa shape index (κ2) is 10.6. The van der Waals surface area contributed by atoms with Gasteiger partial charge in [-0.2, -0.15) is 0 Å². The fourth-order valence-corrected chi connectivity index (χ4v) is 4.48. The van der Waals surface area contributed by atoms with E-state index in [1.54, 1.807) is 44.4 Å². The van der Waals surface area contributed by atoms with Crippen LogP contribution in [0, 0.1) is 6.92 Å². The molecule has 0 fully saturated rings. The van der Waals surface area contributed by atoms with Gasteiger partial charge in [0.25, 0.3) is 15.9 Å². The minimum absolute atomic E-state index is 0.0325. The zero-order valence-corrected chi connectivity index (χ0v) is 19.9. The van der Waals surface area contributed by atoms with Crippen LogP contribution in [0.3, 0.4) is 0 Å². The Labute approximate surface area is 185 Å². The Morgan fingerprint density at radius 2 is 1.65 bits per heavy atom. The van der Waals surface area contributed by atoms with Crippen molar-refractivity contribution in [2.24, 2.45) is 0 Å². The van der Waals surface area contributed by atoms with Crippen molar-refractivity contribution in [3.05, 3.63) is 53.6 Å². The Kier molecular flexibility index (Phi) is 8.47. The molecule has 0 aromatic heterocycles. The molecule has 8 heteroatoms. The zero-order chi connectivity index (χ0) is 23.2. The Morgan fingerprint density at radius 3 is 2.19 bits per heavy atom. The third kappa shape index (κ3) is 6.70. The van der Waals surface area contributed by atoms with Crippen LogP contribution < -0.4 is 14.8 Å². The van der Waals surface area contributed by atoms with E-state index in [4.69, 9.17) is 4.74 Å². The van der Waals surface area contributed by atoms with Gasteiger partial charge in [0, 0.05) is 36.4 Å². The number of ether oxygens (including phenoxy) is 1. The van der Waals surface area contributed by atoms with E-state index < -0.39 is 10.0 Å². The average molecular weight is 448 g/mol. The fourth-order valence-electron chi connectivity index (χ4n) is 3.39. The number of carbonyl (C=O) groups excluding carboxylic acids is 1. The van der Waals surface area contributed by atoms with Gasteiger partial charge in [-0.05, 0) is 76.6 Å². The number of carbonyl (C=O) groups is 1. The normalized spacial score (nSPS) is 11.8. The number of sulfonamides is 1. The molecular weight excluding hydrogens is 414 g/mol. The maximum Gasteiger partial charge on any atom is 0.261 e. The molecule has 0 heterocycles. The summed E-state index contributed by atoms with van der Waals surface area (Å²) in [5, 5.41) is 2.91. The lowest BCUT2D eigenvalue weighted by Gasteiger charge is -2.30. The van der Waals surface area contributed by atoms with E-state index in [0.717, 1.165) is 6.54 Å². The van der Waals surface area contributed by atoms with E-state index in [-0.39, 0.29) is 10.8 Å². The molecule has 0 unspecified atom stereocenters. The maximum absolute atomic E-state index is 12.8. The summed E-state index contributed by atoms with van der Waals surface area (Å²) >= 11 is 0. The van der Waals surface area contributed by atoms with Gasteiger partial charge < -0.3 is 10.1 Å². The minimum Gasteiger partial charge on any atom is -0.497 e. The molecule has 0 aliphatic rings. The summed E-state index contributed by atoms with van der Waals surface area (Å²) in [6.07, 6.45) is 0. The van der Waals surface area contributed by atoms with Crippen LogP contribution in [0.5, 0.6) is 5.75 Å². The largest absolute Gasteiger partial charge is 0.497 e. The molecule has 170 valence electrons. The van der Waals surface area contributed by atoms with Crippen molar-refractivity contribution < 1.29 is 17.9 Å². The van der Waals surface area contributed by atoms with Gasteiger partial charge in [-0.15, -0.1) is 0 Å². The lowest BCUT2D eigenvalue weighted by atomic mass is 10.1. The molecule has 2 aromatic carbocycles. The first-order valence-corrected chi connectivity index (χ1v) is 11.8. The van der Waals surface area contributed by atoms with Gasteiger partial charge in [0.15, 0.2) is 0 Å². The molecule has 0 saturated carbocycles. The van der Waals surface area contributed by atoms with E-state index >= 15 is 0 Å². The molecule has 2 N–H and O–H groups in total. The van der Waals surface area contributed by atoms with Crippen molar-refractivity contribution in [1.82, 2.24) is 10.2 Å². The van der Waals surface area contributed by atoms with Gasteiger partial charge in [0.1, 0.15) is 5.75 Å². The fraction of sp³-hybridized carbons (Fsp3) is 0.435. The number of rotatable bonds is 10. The molecule has 2 rings (SSSR count). The Hall–Kier alpha value is -2.58. The van der Waals surface area contributed by atoms with Crippen molar-refractivity contribution in [2.45, 2.75) is 51.6 Å². The molecule has 0 radical (unpaired) electrons. The summed E-state index contributed by atoms with van der Waals surface area (Å²) in [6, 6.07) is 11.9. The molecule has 0 spiro atoms. The smallest absolute Gasteiger partial charge is 0.261 e. The van der Waals surface area contributed by atoms with Crippen LogP contribution in [-0.4, -0.2) is 51.5 Å². The monoisotopic (exact) mass is 447 g/mol. The molecule has 2 aromatic rings. The summed E-state index contributed by atoms with van der Waals surface area (Å²) < 4.78 is 33.2. The first-order valence-electron chi connectivity index (χ1n) is 10.4. The maximum atomic E-state index is 12.8. The van der Waals surface area contributed by atoms with Gasteiger partial charge >= 0.3 is 0 Å². The molecule has 0 aliphatic carbocycles. The third-order valence-electron chi connectivity index (χ3n) is 5.09. The number of hydrogen-bond acceptors (Lipinski definition) is 5. The van der Waals surface area contributed by atoms with Crippen LogP contribution in [0.4, 0.5) is 5.69 Å². The van der Waals surface area contributed by atoms with Crippen LogP contribution in [0.15, 0.2) is 47.4 Å². The molecule has 0 aliphatic heterocycles. The quantitative estimate of drug-likeness (QED) is 0.580. The van der Waals surface area contributed by atoms with Gasteiger partial charge in [0.2, 0.25) is 0 Å². The van der Waals surface area contributed by atoms with E-state index in [1.807, 2.05) is 0 Å². The summed E-state index contributed by atoms with van der Waals surface area (Å²) in [7, 11) is -2.30. The number of nitrogens with one attached hydrogen (secondary N) is 2. The van der Waals surface area contributed by atoms with Crippen LogP contribution in [0.25, 0.3) is 0 Å². The first-order chi connectivity index (χ1) is 14.5. The molecule has 0 atom stereocenters. The van der Waals surface area contributed by atoms with Crippen LogP contribution >= 0.6 is 0 Å². The summed E-state index contributed by atoms with van der Waals surface area (Å²) in [6.45, 7) is 11.5. The predicted molar refractivity (Wildman–Crippen MR) is 124 cm³/mol. The first kappa shape index (κ1) is 24.7. The zero-order valence-electron chi connectivity index (χ0n) is 19.1. The predicted octanol–water partition coefficient (Wildman–Crippen LogP) is 3.65. The number of amides is 1. The second-order valence-corrected chi connectivity index (χ2v) is 9.67. The van der Waals surface area contributed by atoms with Crippen molar-refractivity contribution in [3.63, 3.8) is 0 Å². The molecule has 31 heavy (non-hydrogen) atoms. The van der Waals surface area contributed by atoms with Crippen molar-refractivity contribution in [1.29, 1.82) is 0 Å². The molecule has 1 amide bonds. The highest BCUT2D eigenvalue weighted by Gasteiger charge is 2.19. The molecule has 7 nitrogen and oxygen atoms in total. The van der Waals surface area contributed by atoms with Crippen molar-refractivity contribution >= 4 is 21.6 Å². The second-order valence-electron chi connectivity index (χ2n) is 7.99. The van der Waals surface area contributed by atoms with Crippen molar-refractivity contribution in [3.8, 4) is 5.75 Å².